The van der Waals surface area contributed by atoms with Crippen LogP contribution in [0.15, 0.2) is 24.3 Å². The molecule has 0 aliphatic carbocycles. The molecule has 0 heterocycles. The van der Waals surface area contributed by atoms with Gasteiger partial charge < -0.3 is 5.73 Å². The fraction of sp³-hybridized carbons (Fsp3) is 0.364. The molecule has 0 spiro atoms. The maximum absolute atomic E-state index is 5.43. The lowest BCUT2D eigenvalue weighted by molar-refractivity contribution is 0.831. The first-order valence-corrected chi connectivity index (χ1v) is 4.44. The molecular weight excluding hydrogens is 146 g/mol. The van der Waals surface area contributed by atoms with E-state index in [0.29, 0.717) is 0 Å². The highest BCUT2D eigenvalue weighted by atomic mass is 14.5. The van der Waals surface area contributed by atoms with E-state index in [2.05, 4.69) is 31.2 Å². The number of rotatable bonds is 4. The van der Waals surface area contributed by atoms with Crippen molar-refractivity contribution in [3.63, 3.8) is 0 Å². The number of hydrogen-bond donors (Lipinski definition) is 1. The normalized spacial score (nSPS) is 10.2. The molecule has 1 nitrogen and oxygen atoms in total. The molecule has 0 saturated heterocycles. The Balaban J connectivity index is 2.60. The molecule has 0 aliphatic heterocycles. The quantitative estimate of drug-likeness (QED) is 0.719. The minimum atomic E-state index is 0.772. The van der Waals surface area contributed by atoms with Crippen molar-refractivity contribution in [1.82, 2.24) is 0 Å². The second kappa shape index (κ2) is 4.94. The van der Waals surface area contributed by atoms with Crippen LogP contribution in [0.2, 0.25) is 0 Å². The van der Waals surface area contributed by atoms with Gasteiger partial charge in [0, 0.05) is 0 Å². The van der Waals surface area contributed by atoms with Gasteiger partial charge in [-0.3, -0.25) is 0 Å². The lowest BCUT2D eigenvalue weighted by atomic mass is 10.1. The Kier molecular flexibility index (Phi) is 3.81. The van der Waals surface area contributed by atoms with E-state index in [9.17, 15) is 0 Å². The van der Waals surface area contributed by atoms with Gasteiger partial charge >= 0.3 is 0 Å². The molecule has 1 radical (unpaired) electrons. The molecule has 0 fully saturated rings. The van der Waals surface area contributed by atoms with E-state index >= 15 is 0 Å². The molecule has 1 heteroatoms. The second-order valence-electron chi connectivity index (χ2n) is 2.96. The van der Waals surface area contributed by atoms with Crippen molar-refractivity contribution in [3.05, 3.63) is 42.3 Å². The summed E-state index contributed by atoms with van der Waals surface area (Å²) in [5.74, 6) is 0. The molecule has 0 atom stereocenters. The van der Waals surface area contributed by atoms with Crippen LogP contribution in [0.4, 0.5) is 0 Å². The van der Waals surface area contributed by atoms with Gasteiger partial charge in [0.1, 0.15) is 0 Å². The molecule has 0 saturated carbocycles. The molecule has 65 valence electrons. The maximum atomic E-state index is 5.43. The van der Waals surface area contributed by atoms with Gasteiger partial charge in [-0.2, -0.15) is 0 Å². The van der Waals surface area contributed by atoms with Gasteiger partial charge in [0.15, 0.2) is 0 Å². The molecule has 0 bridgehead atoms. The first kappa shape index (κ1) is 9.27. The number of aryl methyl sites for hydroxylation is 1. The lowest BCUT2D eigenvalue weighted by Crippen LogP contribution is -2.00. The Hall–Kier alpha value is -0.820. The Bertz CT molecular complexity index is 230. The van der Waals surface area contributed by atoms with Crippen molar-refractivity contribution >= 4 is 0 Å². The number of hydrogen-bond acceptors (Lipinski definition) is 1. The molecule has 1 rings (SSSR count). The SMILES string of the molecule is [CH2]Cc1cccc(CCCN)c1. The Labute approximate surface area is 74.6 Å². The van der Waals surface area contributed by atoms with Crippen molar-refractivity contribution in [2.75, 3.05) is 6.54 Å². The Morgan fingerprint density at radius 2 is 2.00 bits per heavy atom. The monoisotopic (exact) mass is 162 g/mol. The third-order valence-corrected chi connectivity index (χ3v) is 1.95. The summed E-state index contributed by atoms with van der Waals surface area (Å²) in [6, 6.07) is 8.56. The summed E-state index contributed by atoms with van der Waals surface area (Å²) >= 11 is 0. The molecule has 0 amide bonds. The van der Waals surface area contributed by atoms with E-state index in [1.165, 1.54) is 11.1 Å². The van der Waals surface area contributed by atoms with Crippen molar-refractivity contribution in [3.8, 4) is 0 Å². The minimum absolute atomic E-state index is 0.772. The standard InChI is InChI=1S/C11H16N/c1-2-10-5-3-6-11(9-10)7-4-8-12/h3,5-6,9H,1-2,4,7-8,12H2. The highest BCUT2D eigenvalue weighted by Gasteiger charge is 1.93. The van der Waals surface area contributed by atoms with Crippen LogP contribution < -0.4 is 5.73 Å². The van der Waals surface area contributed by atoms with Crippen LogP contribution in [-0.2, 0) is 12.8 Å². The van der Waals surface area contributed by atoms with Crippen molar-refractivity contribution < 1.29 is 0 Å². The van der Waals surface area contributed by atoms with E-state index in [1.54, 1.807) is 0 Å². The Morgan fingerprint density at radius 1 is 1.25 bits per heavy atom. The zero-order valence-electron chi connectivity index (χ0n) is 7.42. The zero-order chi connectivity index (χ0) is 8.81. The summed E-state index contributed by atoms with van der Waals surface area (Å²) in [6.07, 6.45) is 3.03. The van der Waals surface area contributed by atoms with E-state index in [1.807, 2.05) is 0 Å². The van der Waals surface area contributed by atoms with Gasteiger partial charge in [-0.15, -0.1) is 0 Å². The van der Waals surface area contributed by atoms with Gasteiger partial charge in [-0.05, 0) is 43.9 Å². The van der Waals surface area contributed by atoms with Crippen molar-refractivity contribution in [2.24, 2.45) is 5.73 Å². The summed E-state index contributed by atoms with van der Waals surface area (Å²) < 4.78 is 0. The molecule has 12 heavy (non-hydrogen) atoms. The van der Waals surface area contributed by atoms with E-state index in [4.69, 9.17) is 5.73 Å². The average molecular weight is 162 g/mol. The molecule has 1 aromatic rings. The second-order valence-corrected chi connectivity index (χ2v) is 2.96. The lowest BCUT2D eigenvalue weighted by Gasteiger charge is -2.01. The van der Waals surface area contributed by atoms with Crippen LogP contribution >= 0.6 is 0 Å². The molecule has 0 unspecified atom stereocenters. The fourth-order valence-electron chi connectivity index (χ4n) is 1.25. The van der Waals surface area contributed by atoms with Crippen LogP contribution in [0.3, 0.4) is 0 Å². The van der Waals surface area contributed by atoms with Crippen molar-refractivity contribution in [1.29, 1.82) is 0 Å². The van der Waals surface area contributed by atoms with Gasteiger partial charge in [0.2, 0.25) is 0 Å². The molecule has 0 aliphatic rings. The maximum Gasteiger partial charge on any atom is -0.00741 e. The largest absolute Gasteiger partial charge is 0.330 e. The van der Waals surface area contributed by atoms with Crippen LogP contribution in [0.1, 0.15) is 17.5 Å². The van der Waals surface area contributed by atoms with Crippen LogP contribution in [-0.4, -0.2) is 6.54 Å². The topological polar surface area (TPSA) is 26.0 Å². The van der Waals surface area contributed by atoms with Crippen LogP contribution in [0, 0.1) is 6.92 Å². The molecule has 1 aromatic carbocycles. The smallest absolute Gasteiger partial charge is 0.00741 e. The predicted octanol–water partition coefficient (Wildman–Crippen LogP) is 1.95. The predicted molar refractivity (Wildman–Crippen MR) is 52.9 cm³/mol. The summed E-state index contributed by atoms with van der Waals surface area (Å²) in [5, 5.41) is 0. The summed E-state index contributed by atoms with van der Waals surface area (Å²) in [7, 11) is 0. The third kappa shape index (κ3) is 2.67. The van der Waals surface area contributed by atoms with Gasteiger partial charge in [-0.1, -0.05) is 24.3 Å². The fourth-order valence-corrected chi connectivity index (χ4v) is 1.25. The first-order chi connectivity index (χ1) is 5.86. The Morgan fingerprint density at radius 3 is 2.67 bits per heavy atom. The number of nitrogens with two attached hydrogens (primary N) is 1. The first-order valence-electron chi connectivity index (χ1n) is 4.44. The average Bonchev–Trinajstić information content (AvgIpc) is 2.15. The summed E-state index contributed by atoms with van der Waals surface area (Å²) in [6.45, 7) is 4.63. The van der Waals surface area contributed by atoms with Gasteiger partial charge in [0.05, 0.1) is 0 Å². The van der Waals surface area contributed by atoms with Crippen molar-refractivity contribution in [2.45, 2.75) is 19.3 Å². The van der Waals surface area contributed by atoms with Gasteiger partial charge in [-0.25, -0.2) is 0 Å². The molecule has 0 aromatic heterocycles. The highest BCUT2D eigenvalue weighted by Crippen LogP contribution is 2.07. The summed E-state index contributed by atoms with van der Waals surface area (Å²) in [4.78, 5) is 0. The van der Waals surface area contributed by atoms with E-state index in [-0.39, 0.29) is 0 Å². The summed E-state index contributed by atoms with van der Waals surface area (Å²) in [5.41, 5.74) is 8.12. The van der Waals surface area contributed by atoms with Gasteiger partial charge in [0.25, 0.3) is 0 Å². The van der Waals surface area contributed by atoms with Crippen LogP contribution in [0.5, 0.6) is 0 Å². The molecule has 2 N–H and O–H groups in total. The van der Waals surface area contributed by atoms with Crippen LogP contribution in [0.25, 0.3) is 0 Å². The van der Waals surface area contributed by atoms with E-state index in [0.717, 1.165) is 25.8 Å². The zero-order valence-corrected chi connectivity index (χ0v) is 7.42. The third-order valence-electron chi connectivity index (χ3n) is 1.95. The van der Waals surface area contributed by atoms with E-state index < -0.39 is 0 Å². The number of benzene rings is 1. The highest BCUT2D eigenvalue weighted by molar-refractivity contribution is 5.23. The molecular formula is C11H16N. The minimum Gasteiger partial charge on any atom is -0.330 e.